The Hall–Kier alpha value is -0.670. The van der Waals surface area contributed by atoms with Crippen molar-refractivity contribution in [1.29, 1.82) is 0 Å². The zero-order valence-corrected chi connectivity index (χ0v) is 6.36. The van der Waals surface area contributed by atoms with Gasteiger partial charge in [-0.25, -0.2) is 4.79 Å². The van der Waals surface area contributed by atoms with Gasteiger partial charge in [0.1, 0.15) is 0 Å². The zero-order chi connectivity index (χ0) is 8.57. The van der Waals surface area contributed by atoms with Gasteiger partial charge in [-0.3, -0.25) is 0 Å². The fourth-order valence-electron chi connectivity index (χ4n) is 0.205. The summed E-state index contributed by atoms with van der Waals surface area (Å²) in [6.45, 7) is 5.48. The standard InChI is InChI=1S/C4H6F2O2.C2H6/c1-2-8-4(7)3(5)6;1-2/h3H,2H2,1H3;1-2H3. The first-order valence-electron chi connectivity index (χ1n) is 3.13. The second kappa shape index (κ2) is 8.33. The third kappa shape index (κ3) is 7.33. The highest BCUT2D eigenvalue weighted by Gasteiger charge is 2.14. The van der Waals surface area contributed by atoms with E-state index in [0.29, 0.717) is 0 Å². The van der Waals surface area contributed by atoms with Crippen molar-refractivity contribution in [2.45, 2.75) is 27.2 Å². The van der Waals surface area contributed by atoms with Crippen LogP contribution in [0, 0.1) is 0 Å². The number of ether oxygens (including phenoxy) is 1. The summed E-state index contributed by atoms with van der Waals surface area (Å²) >= 11 is 0. The van der Waals surface area contributed by atoms with Gasteiger partial charge in [0.2, 0.25) is 0 Å². The van der Waals surface area contributed by atoms with Crippen molar-refractivity contribution in [2.75, 3.05) is 6.61 Å². The lowest BCUT2D eigenvalue weighted by Crippen LogP contribution is -2.13. The van der Waals surface area contributed by atoms with Gasteiger partial charge in [0.15, 0.2) is 0 Å². The number of carbonyl (C=O) groups is 1. The maximum Gasteiger partial charge on any atom is 0.373 e. The van der Waals surface area contributed by atoms with Crippen molar-refractivity contribution in [1.82, 2.24) is 0 Å². The van der Waals surface area contributed by atoms with Crippen LogP contribution in [-0.4, -0.2) is 19.0 Å². The molecule has 0 rings (SSSR count). The van der Waals surface area contributed by atoms with Crippen LogP contribution < -0.4 is 0 Å². The van der Waals surface area contributed by atoms with Gasteiger partial charge in [-0.1, -0.05) is 13.8 Å². The molecule has 0 bridgehead atoms. The average Bonchev–Trinajstić information content (AvgIpc) is 1.93. The predicted octanol–water partition coefficient (Wildman–Crippen LogP) is 1.84. The van der Waals surface area contributed by atoms with Crippen molar-refractivity contribution in [3.63, 3.8) is 0 Å². The number of alkyl halides is 2. The third-order valence-electron chi connectivity index (χ3n) is 0.465. The lowest BCUT2D eigenvalue weighted by molar-refractivity contribution is -0.155. The molecule has 0 saturated heterocycles. The SMILES string of the molecule is CC.CCOC(=O)C(F)F. The lowest BCUT2D eigenvalue weighted by Gasteiger charge is -1.96. The minimum atomic E-state index is -2.99. The minimum Gasteiger partial charge on any atom is -0.462 e. The van der Waals surface area contributed by atoms with E-state index in [9.17, 15) is 13.6 Å². The summed E-state index contributed by atoms with van der Waals surface area (Å²) in [5.41, 5.74) is 0. The predicted molar refractivity (Wildman–Crippen MR) is 34.0 cm³/mol. The number of halogens is 2. The molecule has 0 unspecified atom stereocenters. The highest BCUT2D eigenvalue weighted by molar-refractivity contribution is 5.72. The molecular weight excluding hydrogens is 142 g/mol. The zero-order valence-electron chi connectivity index (χ0n) is 6.36. The second-order valence-corrected chi connectivity index (χ2v) is 1.05. The van der Waals surface area contributed by atoms with E-state index in [1.165, 1.54) is 6.92 Å². The lowest BCUT2D eigenvalue weighted by atomic mass is 10.7. The van der Waals surface area contributed by atoms with Crippen molar-refractivity contribution in [2.24, 2.45) is 0 Å². The Bertz CT molecular complexity index is 83.8. The van der Waals surface area contributed by atoms with E-state index in [-0.39, 0.29) is 6.61 Å². The molecule has 0 N–H and O–H groups in total. The number of carbonyl (C=O) groups excluding carboxylic acids is 1. The highest BCUT2D eigenvalue weighted by atomic mass is 19.3. The van der Waals surface area contributed by atoms with E-state index >= 15 is 0 Å². The summed E-state index contributed by atoms with van der Waals surface area (Å²) < 4.78 is 26.2. The number of rotatable bonds is 2. The number of esters is 1. The summed E-state index contributed by atoms with van der Waals surface area (Å²) in [6, 6.07) is 0. The minimum absolute atomic E-state index is 0.00315. The summed E-state index contributed by atoms with van der Waals surface area (Å²) in [7, 11) is 0. The summed E-state index contributed by atoms with van der Waals surface area (Å²) in [4.78, 5) is 9.77. The quantitative estimate of drug-likeness (QED) is 0.567. The molecule has 0 aliphatic carbocycles. The van der Waals surface area contributed by atoms with Crippen molar-refractivity contribution in [3.8, 4) is 0 Å². The number of hydrogen-bond donors (Lipinski definition) is 0. The molecule has 10 heavy (non-hydrogen) atoms. The molecule has 0 heterocycles. The Morgan fingerprint density at radius 2 is 1.90 bits per heavy atom. The Labute approximate surface area is 59.2 Å². The van der Waals surface area contributed by atoms with Gasteiger partial charge in [-0.05, 0) is 6.92 Å². The first-order valence-corrected chi connectivity index (χ1v) is 3.13. The topological polar surface area (TPSA) is 26.3 Å². The molecule has 0 atom stereocenters. The third-order valence-corrected chi connectivity index (χ3v) is 0.465. The van der Waals surface area contributed by atoms with Crippen LogP contribution in [0.5, 0.6) is 0 Å². The van der Waals surface area contributed by atoms with E-state index in [2.05, 4.69) is 4.74 Å². The molecule has 62 valence electrons. The van der Waals surface area contributed by atoms with Gasteiger partial charge in [-0.15, -0.1) is 0 Å². The normalized spacial score (nSPS) is 8.20. The molecule has 0 saturated carbocycles. The molecule has 0 spiro atoms. The van der Waals surface area contributed by atoms with Crippen LogP contribution in [0.15, 0.2) is 0 Å². The maximum absolute atomic E-state index is 11.1. The van der Waals surface area contributed by atoms with Crippen molar-refractivity contribution >= 4 is 5.97 Å². The number of hydrogen-bond acceptors (Lipinski definition) is 2. The Morgan fingerprint density at radius 3 is 2.00 bits per heavy atom. The van der Waals surface area contributed by atoms with Gasteiger partial charge in [-0.2, -0.15) is 8.78 Å². The molecule has 0 aromatic carbocycles. The van der Waals surface area contributed by atoms with Gasteiger partial charge < -0.3 is 4.74 Å². The van der Waals surface area contributed by atoms with Crippen LogP contribution in [0.25, 0.3) is 0 Å². The van der Waals surface area contributed by atoms with Crippen LogP contribution >= 0.6 is 0 Å². The van der Waals surface area contributed by atoms with Crippen LogP contribution in [0.4, 0.5) is 8.78 Å². The summed E-state index contributed by atoms with van der Waals surface area (Å²) in [5, 5.41) is 0. The molecule has 0 aromatic heterocycles. The molecule has 0 aliphatic heterocycles. The summed E-state index contributed by atoms with van der Waals surface area (Å²) in [5.74, 6) is -1.45. The van der Waals surface area contributed by atoms with E-state index < -0.39 is 12.4 Å². The first-order chi connectivity index (χ1) is 4.68. The van der Waals surface area contributed by atoms with Gasteiger partial charge in [0, 0.05) is 0 Å². The van der Waals surface area contributed by atoms with E-state index in [4.69, 9.17) is 0 Å². The molecule has 0 aliphatic rings. The van der Waals surface area contributed by atoms with E-state index in [1.807, 2.05) is 13.8 Å². The fraction of sp³-hybridized carbons (Fsp3) is 0.833. The Morgan fingerprint density at radius 1 is 1.50 bits per heavy atom. The second-order valence-electron chi connectivity index (χ2n) is 1.05. The van der Waals surface area contributed by atoms with E-state index in [1.54, 1.807) is 0 Å². The highest BCUT2D eigenvalue weighted by Crippen LogP contribution is 1.93. The maximum atomic E-state index is 11.1. The largest absolute Gasteiger partial charge is 0.462 e. The average molecular weight is 154 g/mol. The molecule has 0 amide bonds. The van der Waals surface area contributed by atoms with Gasteiger partial charge in [0.25, 0.3) is 0 Å². The molecular formula is C6H12F2O2. The molecule has 0 radical (unpaired) electrons. The molecule has 0 fully saturated rings. The molecule has 0 aromatic rings. The van der Waals surface area contributed by atoms with Crippen LogP contribution in [0.3, 0.4) is 0 Å². The Kier molecular flexibility index (Phi) is 10.0. The Balaban J connectivity index is 0. The van der Waals surface area contributed by atoms with Crippen molar-refractivity contribution in [3.05, 3.63) is 0 Å². The van der Waals surface area contributed by atoms with Crippen LogP contribution in [-0.2, 0) is 9.53 Å². The first kappa shape index (κ1) is 12.0. The molecule has 4 heteroatoms. The van der Waals surface area contributed by atoms with Gasteiger partial charge in [0.05, 0.1) is 6.61 Å². The summed E-state index contributed by atoms with van der Waals surface area (Å²) in [6.07, 6.45) is -2.99. The fourth-order valence-corrected chi connectivity index (χ4v) is 0.205. The van der Waals surface area contributed by atoms with Crippen LogP contribution in [0.2, 0.25) is 0 Å². The smallest absolute Gasteiger partial charge is 0.373 e. The van der Waals surface area contributed by atoms with Crippen molar-refractivity contribution < 1.29 is 18.3 Å². The van der Waals surface area contributed by atoms with Crippen LogP contribution in [0.1, 0.15) is 20.8 Å². The molecule has 2 nitrogen and oxygen atoms in total. The van der Waals surface area contributed by atoms with Gasteiger partial charge >= 0.3 is 12.4 Å². The monoisotopic (exact) mass is 154 g/mol. The van der Waals surface area contributed by atoms with E-state index in [0.717, 1.165) is 0 Å².